The van der Waals surface area contributed by atoms with Gasteiger partial charge in [-0.1, -0.05) is 53.3 Å². The van der Waals surface area contributed by atoms with Crippen LogP contribution < -0.4 is 24.9 Å². The first-order valence-corrected chi connectivity index (χ1v) is 12.5. The summed E-state index contributed by atoms with van der Waals surface area (Å²) >= 11 is 7.38. The number of benzene rings is 3. The molecule has 0 spiro atoms. The van der Waals surface area contributed by atoms with E-state index in [4.69, 9.17) is 16.3 Å². The summed E-state index contributed by atoms with van der Waals surface area (Å²) in [7, 11) is 1.54. The molecule has 186 valence electrons. The molecule has 0 fully saturated rings. The summed E-state index contributed by atoms with van der Waals surface area (Å²) in [5.74, 6) is -0.253. The van der Waals surface area contributed by atoms with Gasteiger partial charge in [0.05, 0.1) is 29.0 Å². The van der Waals surface area contributed by atoms with Crippen LogP contribution in [0.2, 0.25) is 5.02 Å². The molecule has 0 bridgehead atoms. The lowest BCUT2D eigenvalue weighted by atomic mass is 9.95. The van der Waals surface area contributed by atoms with Gasteiger partial charge in [0.2, 0.25) is 0 Å². The number of halogens is 2. The van der Waals surface area contributed by atoms with Gasteiger partial charge < -0.3 is 10.1 Å². The Hall–Kier alpha value is -4.01. The Labute approximate surface area is 220 Å². The number of hydrogen-bond donors (Lipinski definition) is 1. The van der Waals surface area contributed by atoms with Crippen LogP contribution in [0.1, 0.15) is 24.1 Å². The summed E-state index contributed by atoms with van der Waals surface area (Å²) in [6.45, 7) is 1.73. The van der Waals surface area contributed by atoms with Gasteiger partial charge in [0.1, 0.15) is 11.6 Å². The summed E-state index contributed by atoms with van der Waals surface area (Å²) in [5, 5.41) is 3.39. The van der Waals surface area contributed by atoms with E-state index in [2.05, 4.69) is 10.3 Å². The number of aromatic nitrogens is 1. The zero-order chi connectivity index (χ0) is 26.1. The van der Waals surface area contributed by atoms with Gasteiger partial charge in [-0.2, -0.15) is 0 Å². The minimum atomic E-state index is -0.802. The van der Waals surface area contributed by atoms with Crippen LogP contribution in [0.25, 0.3) is 6.08 Å². The molecule has 0 aliphatic carbocycles. The Bertz CT molecular complexity index is 1710. The molecule has 1 aromatic heterocycles. The maximum atomic E-state index is 13.8. The molecule has 1 amide bonds. The van der Waals surface area contributed by atoms with Crippen LogP contribution in [0.15, 0.2) is 93.9 Å². The zero-order valence-electron chi connectivity index (χ0n) is 19.9. The highest BCUT2D eigenvalue weighted by molar-refractivity contribution is 7.07. The number of amides is 1. The number of methoxy groups -OCH3 is 1. The highest BCUT2D eigenvalue weighted by Gasteiger charge is 2.32. The van der Waals surface area contributed by atoms with Crippen LogP contribution in [0.3, 0.4) is 0 Å². The van der Waals surface area contributed by atoms with E-state index in [0.29, 0.717) is 48.2 Å². The van der Waals surface area contributed by atoms with Gasteiger partial charge in [-0.05, 0) is 61.0 Å². The fourth-order valence-corrected chi connectivity index (χ4v) is 5.47. The second-order valence-electron chi connectivity index (χ2n) is 8.34. The number of nitrogens with zero attached hydrogens (tertiary/aromatic N) is 2. The van der Waals surface area contributed by atoms with Gasteiger partial charge in [-0.3, -0.25) is 14.2 Å². The number of carbonyl (C=O) groups is 1. The molecule has 6 nitrogen and oxygen atoms in total. The first-order valence-electron chi connectivity index (χ1n) is 11.3. The van der Waals surface area contributed by atoms with Crippen molar-refractivity contribution < 1.29 is 13.9 Å². The zero-order valence-corrected chi connectivity index (χ0v) is 21.4. The van der Waals surface area contributed by atoms with Gasteiger partial charge >= 0.3 is 0 Å². The van der Waals surface area contributed by atoms with Crippen LogP contribution in [-0.2, 0) is 4.79 Å². The highest BCUT2D eigenvalue weighted by Crippen LogP contribution is 2.31. The molecule has 1 N–H and O–H groups in total. The largest absolute Gasteiger partial charge is 0.496 e. The maximum Gasteiger partial charge on any atom is 0.271 e. The highest BCUT2D eigenvalue weighted by atomic mass is 35.5. The van der Waals surface area contributed by atoms with E-state index in [1.165, 1.54) is 35.1 Å². The van der Waals surface area contributed by atoms with Gasteiger partial charge in [0, 0.05) is 16.3 Å². The third-order valence-electron chi connectivity index (χ3n) is 5.96. The monoisotopic (exact) mass is 533 g/mol. The van der Waals surface area contributed by atoms with Crippen LogP contribution in [0.4, 0.5) is 10.1 Å². The molecule has 1 aliphatic rings. The molecule has 37 heavy (non-hydrogen) atoms. The van der Waals surface area contributed by atoms with Crippen LogP contribution >= 0.6 is 22.9 Å². The molecule has 0 saturated carbocycles. The SMILES string of the molecule is COc1ccc(Cl)cc1/C=c1\sc2n(c1=O)[C@@H](c1ccc(F)cc1)C(C(=O)Nc1ccccc1)=C(C)N=2. The minimum Gasteiger partial charge on any atom is -0.496 e. The molecule has 5 rings (SSSR count). The number of carbonyl (C=O) groups excluding carboxylic acids is 1. The Morgan fingerprint density at radius 1 is 1.14 bits per heavy atom. The van der Waals surface area contributed by atoms with Gasteiger partial charge in [-0.15, -0.1) is 0 Å². The van der Waals surface area contributed by atoms with Crippen molar-refractivity contribution in [3.8, 4) is 5.75 Å². The lowest BCUT2D eigenvalue weighted by Crippen LogP contribution is -2.40. The molecule has 9 heteroatoms. The van der Waals surface area contributed by atoms with Crippen molar-refractivity contribution in [2.75, 3.05) is 12.4 Å². The number of nitrogens with one attached hydrogen (secondary N) is 1. The molecule has 1 atom stereocenters. The van der Waals surface area contributed by atoms with E-state index in [0.717, 1.165) is 0 Å². The number of rotatable bonds is 5. The van der Waals surface area contributed by atoms with Crippen molar-refractivity contribution in [2.45, 2.75) is 13.0 Å². The van der Waals surface area contributed by atoms with E-state index >= 15 is 0 Å². The van der Waals surface area contributed by atoms with Crippen LogP contribution in [0, 0.1) is 5.82 Å². The molecular formula is C28H21ClFN3O3S. The number of para-hydroxylation sites is 1. The molecule has 3 aromatic carbocycles. The lowest BCUT2D eigenvalue weighted by molar-refractivity contribution is -0.113. The van der Waals surface area contributed by atoms with Crippen LogP contribution in [0.5, 0.6) is 5.75 Å². The average molecular weight is 534 g/mol. The molecular weight excluding hydrogens is 513 g/mol. The lowest BCUT2D eigenvalue weighted by Gasteiger charge is -2.25. The first kappa shape index (κ1) is 24.7. The molecule has 1 aliphatic heterocycles. The molecule has 0 radical (unpaired) electrons. The quantitative estimate of drug-likeness (QED) is 0.405. The number of anilines is 1. The fraction of sp³-hybridized carbons (Fsp3) is 0.107. The van der Waals surface area contributed by atoms with Gasteiger partial charge in [0.15, 0.2) is 4.80 Å². The van der Waals surface area contributed by atoms with Crippen molar-refractivity contribution in [1.82, 2.24) is 4.57 Å². The Morgan fingerprint density at radius 3 is 2.57 bits per heavy atom. The minimum absolute atomic E-state index is 0.301. The average Bonchev–Trinajstić information content (AvgIpc) is 3.18. The molecule has 0 saturated heterocycles. The maximum absolute atomic E-state index is 13.8. The third-order valence-corrected chi connectivity index (χ3v) is 7.18. The Morgan fingerprint density at radius 2 is 1.86 bits per heavy atom. The van der Waals surface area contributed by atoms with Gasteiger partial charge in [-0.25, -0.2) is 9.38 Å². The standard InChI is InChI=1S/C28H21ClFN3O3S/c1-16-24(26(34)32-21-6-4-3-5-7-21)25(17-8-11-20(30)12-9-17)33-27(35)23(37-28(33)31-16)15-18-14-19(29)10-13-22(18)36-2/h3-15,25H,1-2H3,(H,32,34)/b23-15-/t25-/m0/s1. The number of ether oxygens (including phenoxy) is 1. The Kier molecular flexibility index (Phi) is 6.78. The summed E-state index contributed by atoms with van der Waals surface area (Å²) in [6.07, 6.45) is 1.69. The summed E-state index contributed by atoms with van der Waals surface area (Å²) in [6, 6.07) is 19.1. The van der Waals surface area contributed by atoms with E-state index in [-0.39, 0.29) is 5.56 Å². The topological polar surface area (TPSA) is 72.7 Å². The number of hydrogen-bond acceptors (Lipinski definition) is 5. The molecule has 2 heterocycles. The van der Waals surface area contributed by atoms with E-state index in [1.54, 1.807) is 55.5 Å². The summed E-state index contributed by atoms with van der Waals surface area (Å²) < 4.78 is 21.1. The predicted octanol–water partition coefficient (Wildman–Crippen LogP) is 4.68. The van der Waals surface area contributed by atoms with Crippen molar-refractivity contribution in [3.63, 3.8) is 0 Å². The van der Waals surface area contributed by atoms with E-state index in [1.807, 2.05) is 18.2 Å². The van der Waals surface area contributed by atoms with E-state index in [9.17, 15) is 14.0 Å². The number of fused-ring (bicyclic) bond motifs is 1. The van der Waals surface area contributed by atoms with E-state index < -0.39 is 17.8 Å². The summed E-state index contributed by atoms with van der Waals surface area (Å²) in [4.78, 5) is 32.3. The number of allylic oxidation sites excluding steroid dienone is 1. The van der Waals surface area contributed by atoms with Crippen molar-refractivity contribution in [3.05, 3.63) is 126 Å². The first-order chi connectivity index (χ1) is 17.9. The second kappa shape index (κ2) is 10.2. The Balaban J connectivity index is 1.69. The summed E-state index contributed by atoms with van der Waals surface area (Å²) in [5.41, 5.74) is 2.26. The molecule has 0 unspecified atom stereocenters. The number of thiazole rings is 1. The molecule has 4 aromatic rings. The smallest absolute Gasteiger partial charge is 0.271 e. The van der Waals surface area contributed by atoms with Crippen molar-refractivity contribution in [1.29, 1.82) is 0 Å². The fourth-order valence-electron chi connectivity index (χ4n) is 4.25. The second-order valence-corrected chi connectivity index (χ2v) is 9.79. The predicted molar refractivity (Wildman–Crippen MR) is 143 cm³/mol. The van der Waals surface area contributed by atoms with Crippen molar-refractivity contribution >= 4 is 40.6 Å². The van der Waals surface area contributed by atoms with Crippen molar-refractivity contribution in [2.24, 2.45) is 4.99 Å². The normalized spacial score (nSPS) is 15.2. The third kappa shape index (κ3) is 4.85. The van der Waals surface area contributed by atoms with Crippen LogP contribution in [-0.4, -0.2) is 17.6 Å². The van der Waals surface area contributed by atoms with Gasteiger partial charge in [0.25, 0.3) is 11.5 Å².